The fraction of sp³-hybridized carbons (Fsp3) is 0.481. The minimum atomic E-state index is -0.835. The smallest absolute Gasteiger partial charge is 0.328 e. The Hall–Kier alpha value is -2.70. The molecule has 6 heteroatoms. The largest absolute Gasteiger partial charge is 0.461 e. The van der Waals surface area contributed by atoms with E-state index in [-0.39, 0.29) is 12.1 Å². The van der Waals surface area contributed by atoms with Crippen LogP contribution in [0.3, 0.4) is 0 Å². The summed E-state index contributed by atoms with van der Waals surface area (Å²) in [4.78, 5) is 25.1. The average Bonchev–Trinajstić information content (AvgIpc) is 3.29. The van der Waals surface area contributed by atoms with E-state index in [0.29, 0.717) is 18.5 Å². The fourth-order valence-corrected chi connectivity index (χ4v) is 3.93. The van der Waals surface area contributed by atoms with Gasteiger partial charge in [-0.2, -0.15) is 0 Å². The molecule has 0 aliphatic heterocycles. The summed E-state index contributed by atoms with van der Waals surface area (Å²) in [7, 11) is 0. The zero-order chi connectivity index (χ0) is 23.8. The van der Waals surface area contributed by atoms with Crippen LogP contribution in [0.4, 0.5) is 0 Å². The highest BCUT2D eigenvalue weighted by Gasteiger charge is 2.26. The van der Waals surface area contributed by atoms with Crippen molar-refractivity contribution in [1.29, 1.82) is 0 Å². The molecule has 2 atom stereocenters. The summed E-state index contributed by atoms with van der Waals surface area (Å²) in [5, 5.41) is 3.36. The van der Waals surface area contributed by atoms with Crippen molar-refractivity contribution in [3.63, 3.8) is 0 Å². The molecule has 178 valence electrons. The molecule has 0 spiro atoms. The molecule has 2 aromatic rings. The minimum Gasteiger partial charge on any atom is -0.461 e. The number of esters is 2. The topological polar surface area (TPSA) is 90.6 Å². The molecule has 0 bridgehead atoms. The molecule has 6 nitrogen and oxygen atoms in total. The van der Waals surface area contributed by atoms with Gasteiger partial charge in [0.2, 0.25) is 0 Å². The zero-order valence-electron chi connectivity index (χ0n) is 19.9. The van der Waals surface area contributed by atoms with Gasteiger partial charge in [-0.1, -0.05) is 54.6 Å². The standard InChI is InChI=1S/C27H36N2O4/c1-27(2,3)33-26(31)24(28)21-15-13-20(14-16-21)18-29-23(17-19-9-5-4-6-10-19)25(30)32-22-11-7-8-12-22/h4-6,9-10,13-16,22-24,29H,7-8,11-12,17-18,28H2,1-3H3/t23-,24?/m0/s1. The molecule has 1 aliphatic rings. The van der Waals surface area contributed by atoms with Gasteiger partial charge in [0.15, 0.2) is 0 Å². The van der Waals surface area contributed by atoms with Crippen molar-refractivity contribution < 1.29 is 19.1 Å². The van der Waals surface area contributed by atoms with Crippen molar-refractivity contribution in [2.75, 3.05) is 0 Å². The van der Waals surface area contributed by atoms with E-state index in [2.05, 4.69) is 5.32 Å². The average molecular weight is 453 g/mol. The van der Waals surface area contributed by atoms with Crippen molar-refractivity contribution in [1.82, 2.24) is 5.32 Å². The first-order valence-electron chi connectivity index (χ1n) is 11.8. The van der Waals surface area contributed by atoms with E-state index in [1.165, 1.54) is 0 Å². The minimum absolute atomic E-state index is 0.0335. The summed E-state index contributed by atoms with van der Waals surface area (Å²) >= 11 is 0. The highest BCUT2D eigenvalue weighted by atomic mass is 16.6. The molecule has 3 rings (SSSR count). The third-order valence-electron chi connectivity index (χ3n) is 5.70. The van der Waals surface area contributed by atoms with Gasteiger partial charge in [0.1, 0.15) is 23.8 Å². The molecular weight excluding hydrogens is 416 g/mol. The van der Waals surface area contributed by atoms with Crippen molar-refractivity contribution in [2.24, 2.45) is 5.73 Å². The van der Waals surface area contributed by atoms with E-state index in [9.17, 15) is 9.59 Å². The van der Waals surface area contributed by atoms with Gasteiger partial charge in [-0.05, 0) is 69.6 Å². The number of hydrogen-bond acceptors (Lipinski definition) is 6. The van der Waals surface area contributed by atoms with Gasteiger partial charge >= 0.3 is 11.9 Å². The molecule has 0 radical (unpaired) electrons. The van der Waals surface area contributed by atoms with E-state index in [4.69, 9.17) is 15.2 Å². The van der Waals surface area contributed by atoms with Crippen LogP contribution in [-0.2, 0) is 32.0 Å². The predicted molar refractivity (Wildman–Crippen MR) is 128 cm³/mol. The number of nitrogens with two attached hydrogens (primary N) is 1. The summed E-state index contributed by atoms with van der Waals surface area (Å²) < 4.78 is 11.2. The van der Waals surface area contributed by atoms with Crippen LogP contribution in [0.15, 0.2) is 54.6 Å². The molecule has 1 aliphatic carbocycles. The van der Waals surface area contributed by atoms with Gasteiger partial charge in [-0.25, -0.2) is 4.79 Å². The SMILES string of the molecule is CC(C)(C)OC(=O)C(N)c1ccc(CN[C@@H](Cc2ccccc2)C(=O)OC2CCCC2)cc1. The summed E-state index contributed by atoms with van der Waals surface area (Å²) in [5.41, 5.74) is 8.24. The van der Waals surface area contributed by atoms with Gasteiger partial charge in [0, 0.05) is 6.54 Å². The molecule has 33 heavy (non-hydrogen) atoms. The maximum absolute atomic E-state index is 12.9. The molecule has 2 aromatic carbocycles. The van der Waals surface area contributed by atoms with Crippen LogP contribution in [-0.4, -0.2) is 29.7 Å². The van der Waals surface area contributed by atoms with Crippen LogP contribution in [0, 0.1) is 0 Å². The predicted octanol–water partition coefficient (Wildman–Crippen LogP) is 4.21. The number of rotatable bonds is 9. The van der Waals surface area contributed by atoms with Gasteiger partial charge in [-0.15, -0.1) is 0 Å². The maximum Gasteiger partial charge on any atom is 0.328 e. The van der Waals surface area contributed by atoms with Crippen LogP contribution in [0.1, 0.15) is 69.2 Å². The zero-order valence-corrected chi connectivity index (χ0v) is 19.9. The van der Waals surface area contributed by atoms with Crippen molar-refractivity contribution in [2.45, 2.75) is 83.2 Å². The third kappa shape index (κ3) is 7.98. The highest BCUT2D eigenvalue weighted by Crippen LogP contribution is 2.22. The van der Waals surface area contributed by atoms with E-state index in [1.807, 2.05) is 75.4 Å². The number of hydrogen-bond donors (Lipinski definition) is 2. The van der Waals surface area contributed by atoms with Crippen molar-refractivity contribution in [3.8, 4) is 0 Å². The monoisotopic (exact) mass is 452 g/mol. The Morgan fingerprint density at radius 1 is 0.970 bits per heavy atom. The Balaban J connectivity index is 1.61. The summed E-state index contributed by atoms with van der Waals surface area (Å²) in [6, 6.07) is 16.2. The summed E-state index contributed by atoms with van der Waals surface area (Å²) in [6.45, 7) is 5.95. The Morgan fingerprint density at radius 3 is 2.21 bits per heavy atom. The van der Waals surface area contributed by atoms with Crippen molar-refractivity contribution in [3.05, 3.63) is 71.3 Å². The number of benzene rings is 2. The lowest BCUT2D eigenvalue weighted by Gasteiger charge is -2.22. The molecule has 3 N–H and O–H groups in total. The first-order valence-corrected chi connectivity index (χ1v) is 11.8. The molecule has 0 saturated heterocycles. The van der Waals surface area contributed by atoms with Crippen LogP contribution in [0.2, 0.25) is 0 Å². The normalized spacial score (nSPS) is 16.2. The van der Waals surface area contributed by atoms with Crippen molar-refractivity contribution >= 4 is 11.9 Å². The lowest BCUT2D eigenvalue weighted by Crippen LogP contribution is -2.40. The first-order chi connectivity index (χ1) is 15.7. The molecule has 0 aromatic heterocycles. The highest BCUT2D eigenvalue weighted by molar-refractivity contribution is 5.78. The van der Waals surface area contributed by atoms with E-state index in [1.54, 1.807) is 0 Å². The van der Waals surface area contributed by atoms with Gasteiger partial charge in [0.25, 0.3) is 0 Å². The number of nitrogens with one attached hydrogen (secondary N) is 1. The first kappa shape index (κ1) is 24.9. The Kier molecular flexibility index (Phi) is 8.64. The number of ether oxygens (including phenoxy) is 2. The van der Waals surface area contributed by atoms with E-state index < -0.39 is 23.7 Å². The Labute approximate surface area is 196 Å². The number of carbonyl (C=O) groups is 2. The quantitative estimate of drug-likeness (QED) is 0.554. The molecule has 1 unspecified atom stereocenters. The van der Waals surface area contributed by atoms with E-state index >= 15 is 0 Å². The molecule has 0 heterocycles. The van der Waals surface area contributed by atoms with Crippen LogP contribution in [0.5, 0.6) is 0 Å². The molecule has 1 saturated carbocycles. The van der Waals surface area contributed by atoms with Gasteiger partial charge < -0.3 is 20.5 Å². The van der Waals surface area contributed by atoms with E-state index in [0.717, 1.165) is 36.8 Å². The van der Waals surface area contributed by atoms with Gasteiger partial charge in [0.05, 0.1) is 0 Å². The third-order valence-corrected chi connectivity index (χ3v) is 5.70. The second-order valence-electron chi connectivity index (χ2n) is 9.72. The lowest BCUT2D eigenvalue weighted by molar-refractivity contribution is -0.156. The maximum atomic E-state index is 12.9. The Bertz CT molecular complexity index is 900. The molecule has 1 fully saturated rings. The molecule has 0 amide bonds. The second kappa shape index (κ2) is 11.4. The van der Waals surface area contributed by atoms with Crippen LogP contribution >= 0.6 is 0 Å². The fourth-order valence-electron chi connectivity index (χ4n) is 3.93. The van der Waals surface area contributed by atoms with Crippen LogP contribution < -0.4 is 11.1 Å². The summed E-state index contributed by atoms with van der Waals surface area (Å²) in [5.74, 6) is -0.653. The summed E-state index contributed by atoms with van der Waals surface area (Å²) in [6.07, 6.45) is 4.73. The Morgan fingerprint density at radius 2 is 1.61 bits per heavy atom. The molecular formula is C27H36N2O4. The number of carbonyl (C=O) groups excluding carboxylic acids is 2. The second-order valence-corrected chi connectivity index (χ2v) is 9.72. The lowest BCUT2D eigenvalue weighted by atomic mass is 10.0. The van der Waals surface area contributed by atoms with Crippen LogP contribution in [0.25, 0.3) is 0 Å². The van der Waals surface area contributed by atoms with Gasteiger partial charge in [-0.3, -0.25) is 4.79 Å².